The van der Waals surface area contributed by atoms with Gasteiger partial charge in [0.1, 0.15) is 22.6 Å². The van der Waals surface area contributed by atoms with E-state index in [9.17, 15) is 14.3 Å². The second kappa shape index (κ2) is 5.19. The molecule has 0 aliphatic rings. The first-order valence-electron chi connectivity index (χ1n) is 5.28. The number of halogens is 3. The van der Waals surface area contributed by atoms with Gasteiger partial charge in [0.25, 0.3) is 5.56 Å². The first-order valence-corrected chi connectivity index (χ1v) is 6.03. The zero-order valence-corrected chi connectivity index (χ0v) is 11.3. The Hall–Kier alpha value is -1.59. The minimum absolute atomic E-state index is 0.0301. The van der Waals surface area contributed by atoms with E-state index in [0.29, 0.717) is 5.69 Å². The lowest BCUT2D eigenvalue weighted by Crippen LogP contribution is -2.22. The molecule has 0 fully saturated rings. The Morgan fingerprint density at radius 1 is 1.47 bits per heavy atom. The lowest BCUT2D eigenvalue weighted by atomic mass is 10.2. The van der Waals surface area contributed by atoms with Gasteiger partial charge < -0.3 is 5.11 Å². The third kappa shape index (κ3) is 2.31. The molecule has 0 aromatic carbocycles. The van der Waals surface area contributed by atoms with E-state index >= 15 is 0 Å². The van der Waals surface area contributed by atoms with Gasteiger partial charge in [-0.25, -0.2) is 9.37 Å². The molecule has 2 heterocycles. The van der Waals surface area contributed by atoms with Gasteiger partial charge in [0.15, 0.2) is 0 Å². The normalized spacial score (nSPS) is 10.7. The van der Waals surface area contributed by atoms with Crippen LogP contribution in [-0.2, 0) is 6.67 Å². The highest BCUT2D eigenvalue weighted by molar-refractivity contribution is 6.32. The number of rotatable bonds is 2. The number of nitrogens with zero attached hydrogens (tertiary/aromatic N) is 2. The molecule has 0 aliphatic heterocycles. The van der Waals surface area contributed by atoms with Gasteiger partial charge in [-0.05, 0) is 19.1 Å². The summed E-state index contributed by atoms with van der Waals surface area (Å²) < 4.78 is 14.1. The monoisotopic (exact) mass is 302 g/mol. The molecule has 2 aromatic heterocycles. The molecule has 0 radical (unpaired) electrons. The third-order valence-electron chi connectivity index (χ3n) is 2.76. The highest BCUT2D eigenvalue weighted by Gasteiger charge is 2.18. The minimum Gasteiger partial charge on any atom is -0.506 e. The van der Waals surface area contributed by atoms with Gasteiger partial charge in [0, 0.05) is 17.5 Å². The Kier molecular flexibility index (Phi) is 3.78. The van der Waals surface area contributed by atoms with Crippen molar-refractivity contribution in [2.45, 2.75) is 13.6 Å². The van der Waals surface area contributed by atoms with E-state index in [0.717, 1.165) is 0 Å². The molecule has 0 atom stereocenters. The van der Waals surface area contributed by atoms with Gasteiger partial charge in [-0.15, -0.1) is 0 Å². The Morgan fingerprint density at radius 2 is 2.16 bits per heavy atom. The van der Waals surface area contributed by atoms with Crippen LogP contribution in [-0.4, -0.2) is 14.7 Å². The van der Waals surface area contributed by atoms with Gasteiger partial charge in [0.05, 0.1) is 5.69 Å². The maximum Gasteiger partial charge on any atom is 0.277 e. The molecule has 4 nitrogen and oxygen atoms in total. The van der Waals surface area contributed by atoms with E-state index in [-0.39, 0.29) is 16.4 Å². The number of alkyl halides is 1. The Morgan fingerprint density at radius 3 is 2.74 bits per heavy atom. The number of hydrogen-bond donors (Lipinski definition) is 1. The van der Waals surface area contributed by atoms with Crippen LogP contribution in [0.25, 0.3) is 5.69 Å². The largest absolute Gasteiger partial charge is 0.506 e. The first-order chi connectivity index (χ1) is 8.97. The molecule has 0 spiro atoms. The van der Waals surface area contributed by atoms with E-state index in [1.54, 1.807) is 0 Å². The van der Waals surface area contributed by atoms with Crippen molar-refractivity contribution in [1.29, 1.82) is 0 Å². The lowest BCUT2D eigenvalue weighted by molar-refractivity contribution is 0.427. The van der Waals surface area contributed by atoms with Gasteiger partial charge >= 0.3 is 0 Å². The molecule has 100 valence electrons. The topological polar surface area (TPSA) is 55.1 Å². The summed E-state index contributed by atoms with van der Waals surface area (Å²) in [6.45, 7) is 0.581. The van der Waals surface area contributed by atoms with Crippen molar-refractivity contribution in [2.75, 3.05) is 0 Å². The Labute approximate surface area is 118 Å². The number of hydrogen-bond acceptors (Lipinski definition) is 3. The third-order valence-corrected chi connectivity index (χ3v) is 3.31. The molecule has 0 saturated heterocycles. The van der Waals surface area contributed by atoms with Crippen molar-refractivity contribution < 1.29 is 9.50 Å². The Bertz CT molecular complexity index is 701. The molecule has 0 saturated carbocycles. The summed E-state index contributed by atoms with van der Waals surface area (Å²) in [5.74, 6) is -0.525. The predicted octanol–water partition coefficient (Wildman–Crippen LogP) is 3.02. The average molecular weight is 303 g/mol. The summed E-state index contributed by atoms with van der Waals surface area (Å²) in [7, 11) is 0. The zero-order valence-electron chi connectivity index (χ0n) is 9.82. The first kappa shape index (κ1) is 13.8. The van der Waals surface area contributed by atoms with Crippen LogP contribution in [0.1, 0.15) is 11.3 Å². The molecule has 0 amide bonds. The van der Waals surface area contributed by atoms with Crippen molar-refractivity contribution in [1.82, 2.24) is 9.55 Å². The standard InChI is InChI=1S/C12H9Cl2FN2O2/c1-6-8(5-15)11(18)10(14)12(19)17(6)7-2-3-16-9(13)4-7/h2-4,18H,5H2,1H3. The summed E-state index contributed by atoms with van der Waals surface area (Å²) in [5, 5.41) is 9.43. The summed E-state index contributed by atoms with van der Waals surface area (Å²) >= 11 is 11.5. The van der Waals surface area contributed by atoms with Crippen LogP contribution >= 0.6 is 23.2 Å². The number of pyridine rings is 2. The maximum atomic E-state index is 13.0. The molecule has 0 unspecified atom stereocenters. The molecule has 19 heavy (non-hydrogen) atoms. The lowest BCUT2D eigenvalue weighted by Gasteiger charge is -2.15. The van der Waals surface area contributed by atoms with E-state index in [1.807, 2.05) is 0 Å². The molecule has 0 aliphatic carbocycles. The van der Waals surface area contributed by atoms with Gasteiger partial charge in [-0.2, -0.15) is 0 Å². The van der Waals surface area contributed by atoms with Crippen LogP contribution in [0.4, 0.5) is 4.39 Å². The molecular weight excluding hydrogens is 294 g/mol. The number of aromatic nitrogens is 2. The van der Waals surface area contributed by atoms with Crippen LogP contribution in [0.5, 0.6) is 5.75 Å². The van der Waals surface area contributed by atoms with E-state index in [2.05, 4.69) is 4.98 Å². The molecular formula is C12H9Cl2FN2O2. The van der Waals surface area contributed by atoms with Crippen molar-refractivity contribution >= 4 is 23.2 Å². The Balaban J connectivity index is 2.84. The van der Waals surface area contributed by atoms with E-state index in [1.165, 1.54) is 29.8 Å². The van der Waals surface area contributed by atoms with Crippen LogP contribution in [0.15, 0.2) is 23.1 Å². The smallest absolute Gasteiger partial charge is 0.277 e. The number of aromatic hydroxyl groups is 1. The van der Waals surface area contributed by atoms with Gasteiger partial charge in [0.2, 0.25) is 0 Å². The van der Waals surface area contributed by atoms with Crippen LogP contribution < -0.4 is 5.56 Å². The predicted molar refractivity (Wildman–Crippen MR) is 71.1 cm³/mol. The molecule has 7 heteroatoms. The highest BCUT2D eigenvalue weighted by Crippen LogP contribution is 2.29. The van der Waals surface area contributed by atoms with E-state index in [4.69, 9.17) is 23.2 Å². The quantitative estimate of drug-likeness (QED) is 0.868. The minimum atomic E-state index is -0.934. The second-order valence-electron chi connectivity index (χ2n) is 3.84. The van der Waals surface area contributed by atoms with Crippen molar-refractivity contribution in [3.63, 3.8) is 0 Å². The van der Waals surface area contributed by atoms with Gasteiger partial charge in [-0.3, -0.25) is 9.36 Å². The van der Waals surface area contributed by atoms with Crippen LogP contribution in [0.2, 0.25) is 10.2 Å². The zero-order chi connectivity index (χ0) is 14.2. The molecule has 2 aromatic rings. The van der Waals surface area contributed by atoms with Crippen LogP contribution in [0, 0.1) is 6.92 Å². The summed E-state index contributed by atoms with van der Waals surface area (Å²) in [4.78, 5) is 15.9. The van der Waals surface area contributed by atoms with Crippen molar-refractivity contribution in [3.05, 3.63) is 50.1 Å². The van der Waals surface area contributed by atoms with Gasteiger partial charge in [-0.1, -0.05) is 23.2 Å². The fraction of sp³-hybridized carbons (Fsp3) is 0.167. The highest BCUT2D eigenvalue weighted by atomic mass is 35.5. The SMILES string of the molecule is Cc1c(CF)c(O)c(Cl)c(=O)n1-c1ccnc(Cl)c1. The second-order valence-corrected chi connectivity index (χ2v) is 4.60. The summed E-state index contributed by atoms with van der Waals surface area (Å²) in [6.07, 6.45) is 1.42. The van der Waals surface area contributed by atoms with Crippen LogP contribution in [0.3, 0.4) is 0 Å². The van der Waals surface area contributed by atoms with Crippen molar-refractivity contribution in [3.8, 4) is 11.4 Å². The summed E-state index contributed by atoms with van der Waals surface area (Å²) in [5.41, 5.74) is -0.00978. The molecule has 0 bridgehead atoms. The average Bonchev–Trinajstić information content (AvgIpc) is 2.37. The molecule has 2 rings (SSSR count). The fourth-order valence-electron chi connectivity index (χ4n) is 1.79. The van der Waals surface area contributed by atoms with E-state index < -0.39 is 23.0 Å². The summed E-state index contributed by atoms with van der Waals surface area (Å²) in [6, 6.07) is 2.99. The van der Waals surface area contributed by atoms with Crippen molar-refractivity contribution in [2.24, 2.45) is 0 Å². The maximum absolute atomic E-state index is 13.0. The molecule has 1 N–H and O–H groups in total. The fourth-order valence-corrected chi connectivity index (χ4v) is 2.16.